The number of nitrogens with zero attached hydrogens (tertiary/aromatic N) is 1. The highest BCUT2D eigenvalue weighted by Crippen LogP contribution is 2.25. The van der Waals surface area contributed by atoms with Crippen molar-refractivity contribution in [2.24, 2.45) is 5.41 Å². The SMILES string of the molecule is CCN(CC)C(=O)c1cccc(NC(=O)CC(C)(C)CC(=O)O)c1. The topological polar surface area (TPSA) is 86.7 Å². The fourth-order valence-electron chi connectivity index (χ4n) is 2.54. The number of carboxylic acid groups (broad SMARTS) is 1. The number of benzene rings is 1. The third-order valence-corrected chi connectivity index (χ3v) is 3.71. The number of anilines is 1. The predicted octanol–water partition coefficient (Wildman–Crippen LogP) is 3.00. The van der Waals surface area contributed by atoms with E-state index in [1.54, 1.807) is 43.0 Å². The van der Waals surface area contributed by atoms with Gasteiger partial charge in [0.05, 0.1) is 6.42 Å². The van der Waals surface area contributed by atoms with Crippen molar-refractivity contribution in [2.45, 2.75) is 40.5 Å². The summed E-state index contributed by atoms with van der Waals surface area (Å²) in [5.41, 5.74) is 0.412. The molecule has 0 bridgehead atoms. The number of carbonyl (C=O) groups is 3. The van der Waals surface area contributed by atoms with E-state index in [1.165, 1.54) is 0 Å². The van der Waals surface area contributed by atoms with Gasteiger partial charge in [-0.15, -0.1) is 0 Å². The lowest BCUT2D eigenvalue weighted by Crippen LogP contribution is -2.30. The first kappa shape index (κ1) is 19.7. The molecule has 2 N–H and O–H groups in total. The molecule has 132 valence electrons. The maximum absolute atomic E-state index is 12.3. The summed E-state index contributed by atoms with van der Waals surface area (Å²) in [6.45, 7) is 8.54. The second-order valence-corrected chi connectivity index (χ2v) is 6.52. The Morgan fingerprint density at radius 1 is 1.12 bits per heavy atom. The second kappa shape index (κ2) is 8.47. The van der Waals surface area contributed by atoms with Gasteiger partial charge in [-0.3, -0.25) is 14.4 Å². The molecule has 1 rings (SSSR count). The predicted molar refractivity (Wildman–Crippen MR) is 93.0 cm³/mol. The maximum Gasteiger partial charge on any atom is 0.303 e. The highest BCUT2D eigenvalue weighted by molar-refractivity contribution is 5.97. The first-order valence-electron chi connectivity index (χ1n) is 8.09. The molecule has 0 aliphatic heterocycles. The molecule has 0 aliphatic carbocycles. The molecular weight excluding hydrogens is 308 g/mol. The molecule has 0 saturated carbocycles. The number of hydrogen-bond acceptors (Lipinski definition) is 3. The van der Waals surface area contributed by atoms with Crippen LogP contribution in [0.5, 0.6) is 0 Å². The summed E-state index contributed by atoms with van der Waals surface area (Å²) in [6, 6.07) is 6.78. The van der Waals surface area contributed by atoms with E-state index >= 15 is 0 Å². The molecule has 6 nitrogen and oxygen atoms in total. The number of carboxylic acids is 1. The van der Waals surface area contributed by atoms with E-state index in [1.807, 2.05) is 13.8 Å². The van der Waals surface area contributed by atoms with Gasteiger partial charge in [-0.25, -0.2) is 0 Å². The van der Waals surface area contributed by atoms with Crippen LogP contribution >= 0.6 is 0 Å². The molecule has 2 amide bonds. The van der Waals surface area contributed by atoms with Crippen LogP contribution in [0.3, 0.4) is 0 Å². The van der Waals surface area contributed by atoms with Crippen LogP contribution in [0.4, 0.5) is 5.69 Å². The Labute approximate surface area is 142 Å². The third-order valence-electron chi connectivity index (χ3n) is 3.71. The minimum atomic E-state index is -0.931. The minimum Gasteiger partial charge on any atom is -0.481 e. The maximum atomic E-state index is 12.3. The zero-order valence-electron chi connectivity index (χ0n) is 14.8. The largest absolute Gasteiger partial charge is 0.481 e. The lowest BCUT2D eigenvalue weighted by Gasteiger charge is -2.22. The van der Waals surface area contributed by atoms with Crippen LogP contribution in [0.2, 0.25) is 0 Å². The molecule has 0 fully saturated rings. The van der Waals surface area contributed by atoms with E-state index in [4.69, 9.17) is 5.11 Å². The Morgan fingerprint density at radius 2 is 1.75 bits per heavy atom. The number of hydrogen-bond donors (Lipinski definition) is 2. The van der Waals surface area contributed by atoms with Crippen molar-refractivity contribution in [1.29, 1.82) is 0 Å². The van der Waals surface area contributed by atoms with E-state index in [2.05, 4.69) is 5.32 Å². The zero-order valence-corrected chi connectivity index (χ0v) is 14.8. The summed E-state index contributed by atoms with van der Waals surface area (Å²) in [6.07, 6.45) is 0.00836. The third kappa shape index (κ3) is 6.02. The van der Waals surface area contributed by atoms with Gasteiger partial charge in [0, 0.05) is 30.8 Å². The smallest absolute Gasteiger partial charge is 0.303 e. The van der Waals surface area contributed by atoms with Crippen molar-refractivity contribution in [2.75, 3.05) is 18.4 Å². The summed E-state index contributed by atoms with van der Waals surface area (Å²) >= 11 is 0. The van der Waals surface area contributed by atoms with Crippen LogP contribution < -0.4 is 5.32 Å². The van der Waals surface area contributed by atoms with Crippen molar-refractivity contribution in [1.82, 2.24) is 4.90 Å². The van der Waals surface area contributed by atoms with E-state index in [9.17, 15) is 14.4 Å². The Balaban J connectivity index is 2.79. The summed E-state index contributed by atoms with van der Waals surface area (Å²) in [5.74, 6) is -1.28. The Morgan fingerprint density at radius 3 is 2.29 bits per heavy atom. The lowest BCUT2D eigenvalue weighted by molar-refractivity contribution is -0.139. The Hall–Kier alpha value is -2.37. The fourth-order valence-corrected chi connectivity index (χ4v) is 2.54. The molecule has 0 unspecified atom stereocenters. The van der Waals surface area contributed by atoms with Crippen molar-refractivity contribution in [3.05, 3.63) is 29.8 Å². The first-order valence-corrected chi connectivity index (χ1v) is 8.09. The number of rotatable bonds is 8. The fraction of sp³-hybridized carbons (Fsp3) is 0.500. The molecule has 6 heteroatoms. The van der Waals surface area contributed by atoms with E-state index in [0.29, 0.717) is 24.3 Å². The van der Waals surface area contributed by atoms with Gasteiger partial charge in [-0.1, -0.05) is 19.9 Å². The highest BCUT2D eigenvalue weighted by Gasteiger charge is 2.25. The van der Waals surface area contributed by atoms with Crippen LogP contribution in [0.1, 0.15) is 50.9 Å². The van der Waals surface area contributed by atoms with Crippen LogP contribution in [0, 0.1) is 5.41 Å². The second-order valence-electron chi connectivity index (χ2n) is 6.52. The normalized spacial score (nSPS) is 11.0. The van der Waals surface area contributed by atoms with Gasteiger partial charge in [-0.05, 0) is 37.5 Å². The van der Waals surface area contributed by atoms with Gasteiger partial charge >= 0.3 is 5.97 Å². The monoisotopic (exact) mass is 334 g/mol. The first-order chi connectivity index (χ1) is 11.2. The average molecular weight is 334 g/mol. The molecule has 0 atom stereocenters. The van der Waals surface area contributed by atoms with Gasteiger partial charge < -0.3 is 15.3 Å². The van der Waals surface area contributed by atoms with Crippen LogP contribution in [0.15, 0.2) is 24.3 Å². The van der Waals surface area contributed by atoms with Gasteiger partial charge in [0.2, 0.25) is 5.91 Å². The van der Waals surface area contributed by atoms with E-state index in [0.717, 1.165) is 0 Å². The van der Waals surface area contributed by atoms with Crippen molar-refractivity contribution < 1.29 is 19.5 Å². The standard InChI is InChI=1S/C18H26N2O4/c1-5-20(6-2)17(24)13-8-7-9-14(10-13)19-15(21)11-18(3,4)12-16(22)23/h7-10H,5-6,11-12H2,1-4H3,(H,19,21)(H,22,23). The van der Waals surface area contributed by atoms with Crippen molar-refractivity contribution >= 4 is 23.5 Å². The molecule has 1 aromatic rings. The highest BCUT2D eigenvalue weighted by atomic mass is 16.4. The molecule has 0 spiro atoms. The quantitative estimate of drug-likeness (QED) is 0.765. The van der Waals surface area contributed by atoms with Gasteiger partial charge in [0.15, 0.2) is 0 Å². The molecule has 24 heavy (non-hydrogen) atoms. The van der Waals surface area contributed by atoms with Crippen molar-refractivity contribution in [3.63, 3.8) is 0 Å². The van der Waals surface area contributed by atoms with Crippen LogP contribution in [0.25, 0.3) is 0 Å². The Bertz CT molecular complexity index is 607. The summed E-state index contributed by atoms with van der Waals surface area (Å²) < 4.78 is 0. The van der Waals surface area contributed by atoms with Crippen molar-refractivity contribution in [3.8, 4) is 0 Å². The molecule has 0 heterocycles. The number of nitrogens with one attached hydrogen (secondary N) is 1. The number of carbonyl (C=O) groups excluding carboxylic acids is 2. The van der Waals surface area contributed by atoms with E-state index < -0.39 is 11.4 Å². The summed E-state index contributed by atoms with van der Waals surface area (Å²) in [7, 11) is 0. The van der Waals surface area contributed by atoms with E-state index in [-0.39, 0.29) is 24.7 Å². The van der Waals surface area contributed by atoms with Gasteiger partial charge in [0.25, 0.3) is 5.91 Å². The van der Waals surface area contributed by atoms with Crippen LogP contribution in [-0.4, -0.2) is 40.9 Å². The summed E-state index contributed by atoms with van der Waals surface area (Å²) in [4.78, 5) is 37.0. The Kier molecular flexibility index (Phi) is 6.95. The zero-order chi connectivity index (χ0) is 18.3. The minimum absolute atomic E-state index is 0.0812. The van der Waals surface area contributed by atoms with Gasteiger partial charge in [-0.2, -0.15) is 0 Å². The average Bonchev–Trinajstić information content (AvgIpc) is 2.46. The molecule has 0 radical (unpaired) electrons. The molecule has 0 saturated heterocycles. The molecule has 0 aromatic heterocycles. The molecule has 1 aromatic carbocycles. The summed E-state index contributed by atoms with van der Waals surface area (Å²) in [5, 5.41) is 11.6. The van der Waals surface area contributed by atoms with Crippen LogP contribution in [-0.2, 0) is 9.59 Å². The number of aliphatic carboxylic acids is 1. The lowest BCUT2D eigenvalue weighted by atomic mass is 9.85. The number of amides is 2. The van der Waals surface area contributed by atoms with Gasteiger partial charge in [0.1, 0.15) is 0 Å². The molecular formula is C18H26N2O4. The molecule has 0 aliphatic rings.